The fraction of sp³-hybridized carbons (Fsp3) is 0.846. The van der Waals surface area contributed by atoms with Gasteiger partial charge in [-0.1, -0.05) is 52.9 Å². The van der Waals surface area contributed by atoms with E-state index in [1.807, 2.05) is 0 Å². The molecule has 0 rings (SSSR count). The van der Waals surface area contributed by atoms with Gasteiger partial charge in [-0.3, -0.25) is 9.59 Å². The monoisotopic (exact) mass is 292 g/mol. The summed E-state index contributed by atoms with van der Waals surface area (Å²) in [5.41, 5.74) is -1.62. The number of hydrogen-bond acceptors (Lipinski definition) is 2. The van der Waals surface area contributed by atoms with Crippen molar-refractivity contribution in [2.45, 2.75) is 59.3 Å². The zero-order chi connectivity index (χ0) is 13.5. The Morgan fingerprint density at radius 2 is 1.42 bits per heavy atom. The molecule has 0 atom stereocenters. The third kappa shape index (κ3) is 7.66. The molecule has 0 radical (unpaired) electrons. The third-order valence-corrected chi connectivity index (χ3v) is 3.42. The van der Waals surface area contributed by atoms with Gasteiger partial charge in [-0.25, -0.2) is 0 Å². The Hall–Kier alpha value is 1.17. The van der Waals surface area contributed by atoms with Gasteiger partial charge in [0.05, 0.1) is 0 Å². The summed E-state index contributed by atoms with van der Waals surface area (Å²) >= 11 is 0. The van der Waals surface area contributed by atoms with Gasteiger partial charge < -0.3 is 10.2 Å². The van der Waals surface area contributed by atoms with Crippen LogP contribution in [-0.2, 0) is 9.59 Å². The molecule has 0 aliphatic heterocycles. The van der Waals surface area contributed by atoms with Gasteiger partial charge in [0.15, 0.2) is 5.41 Å². The minimum absolute atomic E-state index is 0. The first-order chi connectivity index (χ1) is 7.89. The molecule has 0 aliphatic carbocycles. The van der Waals surface area contributed by atoms with E-state index in [9.17, 15) is 19.8 Å². The molecule has 104 valence electrons. The van der Waals surface area contributed by atoms with E-state index in [-0.39, 0.29) is 76.7 Å². The van der Waals surface area contributed by atoms with Crippen LogP contribution in [0.5, 0.6) is 0 Å². The van der Waals surface area contributed by atoms with Crippen LogP contribution in [0.4, 0.5) is 0 Å². The Bertz CT molecular complexity index is 255. The zero-order valence-electron chi connectivity index (χ0n) is 11.0. The van der Waals surface area contributed by atoms with Crippen LogP contribution in [-0.4, -0.2) is 92.4 Å². The Morgan fingerprint density at radius 1 is 1.00 bits per heavy atom. The molecule has 0 aliphatic rings. The number of hydrogen-bond donors (Lipinski definition) is 2. The van der Waals surface area contributed by atoms with E-state index in [0.29, 0.717) is 6.42 Å². The van der Waals surface area contributed by atoms with Crippen molar-refractivity contribution in [1.29, 1.82) is 0 Å². The maximum atomic E-state index is 11.2. The van der Waals surface area contributed by atoms with Crippen molar-refractivity contribution in [3.8, 4) is 0 Å². The summed E-state index contributed by atoms with van der Waals surface area (Å²) in [6.45, 7) is 5.43. The second kappa shape index (κ2) is 12.9. The van der Waals surface area contributed by atoms with E-state index in [1.54, 1.807) is 13.8 Å². The number of aliphatic carboxylic acids is 2. The Labute approximate surface area is 170 Å². The van der Waals surface area contributed by atoms with Crippen molar-refractivity contribution in [3.63, 3.8) is 0 Å². The van der Waals surface area contributed by atoms with Crippen molar-refractivity contribution >= 4 is 82.2 Å². The Kier molecular flexibility index (Phi) is 17.0. The Balaban J connectivity index is -0.00000128. The number of carboxylic acids is 2. The molecule has 2 N–H and O–H groups in total. The van der Waals surface area contributed by atoms with E-state index in [4.69, 9.17) is 0 Å². The molecule has 0 saturated heterocycles. The van der Waals surface area contributed by atoms with Crippen LogP contribution in [0.1, 0.15) is 59.3 Å². The summed E-state index contributed by atoms with van der Waals surface area (Å²) in [5, 5.41) is 18.4. The summed E-state index contributed by atoms with van der Waals surface area (Å²) in [6.07, 6.45) is 5.07. The van der Waals surface area contributed by atoms with Gasteiger partial charge in [0, 0.05) is 0 Å². The second-order valence-electron chi connectivity index (χ2n) is 4.90. The van der Waals surface area contributed by atoms with Crippen LogP contribution in [0, 0.1) is 11.3 Å². The van der Waals surface area contributed by atoms with Crippen LogP contribution in [0.2, 0.25) is 0 Å². The SMILES string of the molecule is CCCCCCCC(C(=O)O)(C(=O)O)C(C)C.[KH].[LiH]. The van der Waals surface area contributed by atoms with E-state index >= 15 is 0 Å². The third-order valence-electron chi connectivity index (χ3n) is 3.42. The fourth-order valence-electron chi connectivity index (χ4n) is 2.10. The van der Waals surface area contributed by atoms with E-state index < -0.39 is 23.3 Å². The summed E-state index contributed by atoms with van der Waals surface area (Å²) in [7, 11) is 0. The molecule has 6 heteroatoms. The van der Waals surface area contributed by atoms with Crippen molar-refractivity contribution in [3.05, 3.63) is 0 Å². The topological polar surface area (TPSA) is 74.6 Å². The summed E-state index contributed by atoms with van der Waals surface area (Å²) in [6, 6.07) is 0. The quantitative estimate of drug-likeness (QED) is 0.386. The zero-order valence-corrected chi connectivity index (χ0v) is 11.0. The van der Waals surface area contributed by atoms with Gasteiger partial charge in [-0.05, 0) is 12.3 Å². The van der Waals surface area contributed by atoms with Gasteiger partial charge in [0.2, 0.25) is 0 Å². The number of unbranched alkanes of at least 4 members (excludes halogenated alkanes) is 4. The number of carboxylic acid groups (broad SMARTS) is 2. The van der Waals surface area contributed by atoms with Crippen LogP contribution >= 0.6 is 0 Å². The molecule has 0 unspecified atom stereocenters. The molecule has 0 fully saturated rings. The molecule has 0 bridgehead atoms. The molecule has 0 heterocycles. The first-order valence-electron chi connectivity index (χ1n) is 6.36. The fourth-order valence-corrected chi connectivity index (χ4v) is 2.10. The van der Waals surface area contributed by atoms with Crippen LogP contribution in [0.15, 0.2) is 0 Å². The molecular formula is C13H26KLiO4. The molecule has 4 nitrogen and oxygen atoms in total. The molecule has 0 spiro atoms. The van der Waals surface area contributed by atoms with Crippen LogP contribution in [0.3, 0.4) is 0 Å². The van der Waals surface area contributed by atoms with Crippen molar-refractivity contribution in [2.75, 3.05) is 0 Å². The van der Waals surface area contributed by atoms with Crippen LogP contribution < -0.4 is 0 Å². The maximum absolute atomic E-state index is 11.2. The standard InChI is InChI=1S/C13H24O4.K.Li.2H/c1-4-5-6-7-8-9-13(10(2)3,11(14)15)12(16)17;;;;/h10H,4-9H2,1-3H3,(H,14,15)(H,16,17);;;;. The van der Waals surface area contributed by atoms with E-state index in [2.05, 4.69) is 6.92 Å². The summed E-state index contributed by atoms with van der Waals surface area (Å²) in [5.74, 6) is -2.82. The van der Waals surface area contributed by atoms with Crippen molar-refractivity contribution in [1.82, 2.24) is 0 Å². The van der Waals surface area contributed by atoms with E-state index in [0.717, 1.165) is 25.7 Å². The van der Waals surface area contributed by atoms with E-state index in [1.165, 1.54) is 0 Å². The predicted octanol–water partition coefficient (Wildman–Crippen LogP) is 1.86. The predicted molar refractivity (Wildman–Crippen MR) is 80.2 cm³/mol. The number of carbonyl (C=O) groups is 2. The average Bonchev–Trinajstić information content (AvgIpc) is 2.21. The van der Waals surface area contributed by atoms with Crippen molar-refractivity contribution in [2.24, 2.45) is 11.3 Å². The molecule has 19 heavy (non-hydrogen) atoms. The number of rotatable bonds is 9. The molecule has 0 amide bonds. The van der Waals surface area contributed by atoms with Gasteiger partial charge in [0.1, 0.15) is 0 Å². The molecule has 0 aromatic heterocycles. The Morgan fingerprint density at radius 3 is 1.74 bits per heavy atom. The molecular weight excluding hydrogens is 266 g/mol. The molecule has 0 aromatic carbocycles. The van der Waals surface area contributed by atoms with Gasteiger partial charge in [0.25, 0.3) is 0 Å². The van der Waals surface area contributed by atoms with Crippen LogP contribution in [0.25, 0.3) is 0 Å². The molecule has 0 saturated carbocycles. The van der Waals surface area contributed by atoms with Gasteiger partial charge >= 0.3 is 82.2 Å². The first-order valence-corrected chi connectivity index (χ1v) is 6.36. The molecule has 0 aromatic rings. The summed E-state index contributed by atoms with van der Waals surface area (Å²) < 4.78 is 0. The van der Waals surface area contributed by atoms with Gasteiger partial charge in [-0.2, -0.15) is 0 Å². The first kappa shape index (κ1) is 25.1. The second-order valence-corrected chi connectivity index (χ2v) is 4.90. The normalized spacial score (nSPS) is 10.5. The minimum atomic E-state index is -1.62. The van der Waals surface area contributed by atoms with Crippen molar-refractivity contribution < 1.29 is 19.8 Å². The average molecular weight is 292 g/mol. The summed E-state index contributed by atoms with van der Waals surface area (Å²) in [4.78, 5) is 22.5. The van der Waals surface area contributed by atoms with Gasteiger partial charge in [-0.15, -0.1) is 0 Å².